The van der Waals surface area contributed by atoms with E-state index in [1.807, 2.05) is 24.3 Å². The molecule has 0 atom stereocenters. The van der Waals surface area contributed by atoms with E-state index in [0.717, 1.165) is 29.6 Å². The largest absolute Gasteiger partial charge is 0.493 e. The Morgan fingerprint density at radius 3 is 1.87 bits per heavy atom. The standard InChI is InChI=1S/C17H19N3O2.H3N/c1-4-5-12-6-8-13(9-7-12)20-18-14-10-16(21-2)17(22-3)11-15(14)19-20;/h6-11H,4-5H2,1-3H3;1H3. The van der Waals surface area contributed by atoms with E-state index in [0.29, 0.717) is 11.5 Å². The minimum atomic E-state index is 0. The summed E-state index contributed by atoms with van der Waals surface area (Å²) >= 11 is 0. The van der Waals surface area contributed by atoms with Gasteiger partial charge < -0.3 is 15.6 Å². The molecule has 0 bridgehead atoms. The van der Waals surface area contributed by atoms with Crippen LogP contribution in [0.3, 0.4) is 0 Å². The van der Waals surface area contributed by atoms with Crippen LogP contribution in [0.25, 0.3) is 16.7 Å². The maximum absolute atomic E-state index is 5.30. The molecule has 3 aromatic rings. The Bertz CT molecular complexity index is 740. The average Bonchev–Trinajstić information content (AvgIpc) is 2.97. The van der Waals surface area contributed by atoms with E-state index >= 15 is 0 Å². The summed E-state index contributed by atoms with van der Waals surface area (Å²) in [5.74, 6) is 1.31. The van der Waals surface area contributed by atoms with Gasteiger partial charge in [0.05, 0.1) is 19.9 Å². The topological polar surface area (TPSA) is 84.2 Å². The zero-order chi connectivity index (χ0) is 15.5. The molecule has 0 unspecified atom stereocenters. The Labute approximate surface area is 135 Å². The number of ether oxygens (including phenoxy) is 2. The average molecular weight is 314 g/mol. The highest BCUT2D eigenvalue weighted by Crippen LogP contribution is 2.30. The van der Waals surface area contributed by atoms with Crippen molar-refractivity contribution in [3.05, 3.63) is 42.0 Å². The number of hydrogen-bond acceptors (Lipinski definition) is 5. The first-order valence-corrected chi connectivity index (χ1v) is 7.33. The first-order chi connectivity index (χ1) is 10.7. The highest BCUT2D eigenvalue weighted by molar-refractivity contribution is 5.78. The van der Waals surface area contributed by atoms with Crippen molar-refractivity contribution in [1.82, 2.24) is 21.1 Å². The molecule has 0 spiro atoms. The van der Waals surface area contributed by atoms with Crippen LogP contribution in [0.5, 0.6) is 11.5 Å². The fourth-order valence-electron chi connectivity index (χ4n) is 2.44. The van der Waals surface area contributed by atoms with E-state index < -0.39 is 0 Å². The van der Waals surface area contributed by atoms with E-state index in [4.69, 9.17) is 9.47 Å². The van der Waals surface area contributed by atoms with Crippen LogP contribution in [-0.4, -0.2) is 29.2 Å². The van der Waals surface area contributed by atoms with Crippen LogP contribution in [0.15, 0.2) is 36.4 Å². The van der Waals surface area contributed by atoms with Crippen LogP contribution in [-0.2, 0) is 6.42 Å². The molecule has 0 radical (unpaired) electrons. The Balaban J connectivity index is 0.00000192. The normalized spacial score (nSPS) is 10.4. The Hall–Kier alpha value is -2.60. The summed E-state index contributed by atoms with van der Waals surface area (Å²) in [6.07, 6.45) is 2.23. The van der Waals surface area contributed by atoms with Crippen molar-refractivity contribution in [2.75, 3.05) is 14.2 Å². The molecule has 0 fully saturated rings. The molecule has 1 aromatic heterocycles. The van der Waals surface area contributed by atoms with Gasteiger partial charge in [0, 0.05) is 12.1 Å². The number of aromatic nitrogens is 3. The molecule has 6 nitrogen and oxygen atoms in total. The minimum absolute atomic E-state index is 0. The third-order valence-electron chi connectivity index (χ3n) is 3.59. The van der Waals surface area contributed by atoms with Crippen molar-refractivity contribution in [2.24, 2.45) is 0 Å². The first kappa shape index (κ1) is 16.8. The molecular weight excluding hydrogens is 292 g/mol. The molecule has 122 valence electrons. The molecule has 0 aliphatic carbocycles. The van der Waals surface area contributed by atoms with Crippen LogP contribution >= 0.6 is 0 Å². The lowest BCUT2D eigenvalue weighted by molar-refractivity contribution is 0.356. The summed E-state index contributed by atoms with van der Waals surface area (Å²) in [4.78, 5) is 1.64. The van der Waals surface area contributed by atoms with Crippen molar-refractivity contribution < 1.29 is 9.47 Å². The van der Waals surface area contributed by atoms with Gasteiger partial charge in [0.15, 0.2) is 11.5 Å². The van der Waals surface area contributed by atoms with Crippen LogP contribution in [0, 0.1) is 0 Å². The van der Waals surface area contributed by atoms with E-state index in [1.165, 1.54) is 5.56 Å². The van der Waals surface area contributed by atoms with Crippen LogP contribution < -0.4 is 15.6 Å². The predicted octanol–water partition coefficient (Wildman–Crippen LogP) is 3.55. The number of aryl methyl sites for hydroxylation is 1. The monoisotopic (exact) mass is 314 g/mol. The van der Waals surface area contributed by atoms with Crippen molar-refractivity contribution in [1.29, 1.82) is 0 Å². The molecular formula is C17H22N4O2. The molecule has 3 N–H and O–H groups in total. The van der Waals surface area contributed by atoms with Gasteiger partial charge in [-0.1, -0.05) is 25.5 Å². The summed E-state index contributed by atoms with van der Waals surface area (Å²) in [7, 11) is 3.22. The van der Waals surface area contributed by atoms with Gasteiger partial charge in [0.1, 0.15) is 11.0 Å². The van der Waals surface area contributed by atoms with Gasteiger partial charge in [-0.05, 0) is 24.1 Å². The number of nitrogens with zero attached hydrogens (tertiary/aromatic N) is 3. The maximum Gasteiger partial charge on any atom is 0.163 e. The highest BCUT2D eigenvalue weighted by atomic mass is 16.5. The van der Waals surface area contributed by atoms with Gasteiger partial charge in [-0.2, -0.15) is 4.80 Å². The molecule has 0 saturated heterocycles. The van der Waals surface area contributed by atoms with Gasteiger partial charge in [0.2, 0.25) is 0 Å². The van der Waals surface area contributed by atoms with Gasteiger partial charge >= 0.3 is 0 Å². The summed E-state index contributed by atoms with van der Waals surface area (Å²) in [5.41, 5.74) is 3.81. The number of fused-ring (bicyclic) bond motifs is 1. The summed E-state index contributed by atoms with van der Waals surface area (Å²) in [6.45, 7) is 2.18. The molecule has 2 aromatic carbocycles. The Morgan fingerprint density at radius 2 is 1.43 bits per heavy atom. The van der Waals surface area contributed by atoms with Crippen molar-refractivity contribution >= 4 is 11.0 Å². The molecule has 3 rings (SSSR count). The lowest BCUT2D eigenvalue weighted by atomic mass is 10.1. The van der Waals surface area contributed by atoms with Gasteiger partial charge in [-0.15, -0.1) is 10.2 Å². The molecule has 0 aliphatic rings. The fourth-order valence-corrected chi connectivity index (χ4v) is 2.44. The van der Waals surface area contributed by atoms with Crippen molar-refractivity contribution in [3.63, 3.8) is 0 Å². The first-order valence-electron chi connectivity index (χ1n) is 7.33. The second-order valence-corrected chi connectivity index (χ2v) is 5.10. The third-order valence-corrected chi connectivity index (χ3v) is 3.59. The van der Waals surface area contributed by atoms with Crippen LogP contribution in [0.2, 0.25) is 0 Å². The fraction of sp³-hybridized carbons (Fsp3) is 0.294. The number of hydrogen-bond donors (Lipinski definition) is 1. The van der Waals surface area contributed by atoms with E-state index in [2.05, 4.69) is 29.3 Å². The van der Waals surface area contributed by atoms with E-state index in [-0.39, 0.29) is 6.15 Å². The van der Waals surface area contributed by atoms with Gasteiger partial charge in [0.25, 0.3) is 0 Å². The SMILES string of the molecule is CCCc1ccc(-n2nc3cc(OC)c(OC)cc3n2)cc1.N. The lowest BCUT2D eigenvalue weighted by Gasteiger charge is -2.05. The van der Waals surface area contributed by atoms with E-state index in [1.54, 1.807) is 19.0 Å². The quantitative estimate of drug-likeness (QED) is 0.778. The summed E-state index contributed by atoms with van der Waals surface area (Å²) in [6, 6.07) is 12.0. The van der Waals surface area contributed by atoms with Crippen molar-refractivity contribution in [3.8, 4) is 17.2 Å². The molecule has 0 saturated carbocycles. The number of methoxy groups -OCH3 is 2. The number of benzene rings is 2. The zero-order valence-corrected chi connectivity index (χ0v) is 13.7. The molecule has 0 amide bonds. The third kappa shape index (κ3) is 3.27. The van der Waals surface area contributed by atoms with Gasteiger partial charge in [-0.25, -0.2) is 0 Å². The minimum Gasteiger partial charge on any atom is -0.493 e. The Morgan fingerprint density at radius 1 is 0.913 bits per heavy atom. The second kappa shape index (κ2) is 7.11. The molecule has 6 heteroatoms. The van der Waals surface area contributed by atoms with Gasteiger partial charge in [-0.3, -0.25) is 0 Å². The number of rotatable bonds is 5. The summed E-state index contributed by atoms with van der Waals surface area (Å²) < 4.78 is 10.6. The van der Waals surface area contributed by atoms with Crippen molar-refractivity contribution in [2.45, 2.75) is 19.8 Å². The maximum atomic E-state index is 5.30. The van der Waals surface area contributed by atoms with Crippen LogP contribution in [0.1, 0.15) is 18.9 Å². The predicted molar refractivity (Wildman–Crippen MR) is 91.0 cm³/mol. The molecule has 1 heterocycles. The second-order valence-electron chi connectivity index (χ2n) is 5.10. The lowest BCUT2D eigenvalue weighted by Crippen LogP contribution is -1.98. The highest BCUT2D eigenvalue weighted by Gasteiger charge is 2.11. The molecule has 0 aliphatic heterocycles. The Kier molecular flexibility index (Phi) is 5.18. The van der Waals surface area contributed by atoms with Crippen LogP contribution in [0.4, 0.5) is 0 Å². The zero-order valence-electron chi connectivity index (χ0n) is 13.7. The summed E-state index contributed by atoms with van der Waals surface area (Å²) in [5, 5.41) is 9.03. The van der Waals surface area contributed by atoms with E-state index in [9.17, 15) is 0 Å². The molecule has 23 heavy (non-hydrogen) atoms. The smallest absolute Gasteiger partial charge is 0.163 e.